The van der Waals surface area contributed by atoms with Gasteiger partial charge < -0.3 is 9.80 Å². The van der Waals surface area contributed by atoms with Crippen LogP contribution in [0.1, 0.15) is 55.6 Å². The first-order valence-corrected chi connectivity index (χ1v) is 9.51. The minimum absolute atomic E-state index is 0.186. The number of nitrogens with zero attached hydrogens (tertiary/aromatic N) is 3. The van der Waals surface area contributed by atoms with Crippen molar-refractivity contribution in [2.75, 3.05) is 26.2 Å². The second kappa shape index (κ2) is 7.64. The number of hydrogen-bond donors (Lipinski definition) is 0. The molecule has 2 aliphatic heterocycles. The maximum Gasteiger partial charge on any atom is 0.255 e. The molecule has 0 bridgehead atoms. The van der Waals surface area contributed by atoms with Gasteiger partial charge in [0.1, 0.15) is 0 Å². The quantitative estimate of drug-likeness (QED) is 0.850. The summed E-state index contributed by atoms with van der Waals surface area (Å²) >= 11 is 0. The predicted molar refractivity (Wildman–Crippen MR) is 97.0 cm³/mol. The Morgan fingerprint density at radius 2 is 2.17 bits per heavy atom. The zero-order chi connectivity index (χ0) is 17.1. The molecule has 1 amide bonds. The number of pyridine rings is 1. The van der Waals surface area contributed by atoms with Crippen molar-refractivity contribution in [1.82, 2.24) is 14.8 Å². The van der Waals surface area contributed by atoms with Crippen LogP contribution in [0.3, 0.4) is 0 Å². The summed E-state index contributed by atoms with van der Waals surface area (Å²) in [6, 6.07) is 4.21. The highest BCUT2D eigenvalue weighted by molar-refractivity contribution is 5.95. The Hall–Kier alpha value is -1.42. The zero-order valence-corrected chi connectivity index (χ0v) is 15.4. The molecule has 0 radical (unpaired) electrons. The van der Waals surface area contributed by atoms with E-state index in [0.29, 0.717) is 12.0 Å². The molecule has 2 fully saturated rings. The SMILES string of the molecule is Cc1ncccc1C(=O)N1CCC[C@@H]2CN(CCC(C)C)CC[C@H]21. The van der Waals surface area contributed by atoms with Crippen LogP contribution in [0, 0.1) is 18.8 Å². The Morgan fingerprint density at radius 3 is 2.92 bits per heavy atom. The van der Waals surface area contributed by atoms with Crippen molar-refractivity contribution in [3.8, 4) is 0 Å². The van der Waals surface area contributed by atoms with Crippen LogP contribution in [0.15, 0.2) is 18.3 Å². The van der Waals surface area contributed by atoms with Gasteiger partial charge >= 0.3 is 0 Å². The monoisotopic (exact) mass is 329 g/mol. The summed E-state index contributed by atoms with van der Waals surface area (Å²) in [6.07, 6.45) is 6.55. The fourth-order valence-electron chi connectivity index (χ4n) is 4.24. The molecule has 132 valence electrons. The van der Waals surface area contributed by atoms with E-state index in [9.17, 15) is 4.79 Å². The van der Waals surface area contributed by atoms with Gasteiger partial charge in [-0.05, 0) is 63.1 Å². The lowest BCUT2D eigenvalue weighted by Crippen LogP contribution is -2.56. The maximum absolute atomic E-state index is 13.0. The largest absolute Gasteiger partial charge is 0.335 e. The van der Waals surface area contributed by atoms with Gasteiger partial charge in [0.2, 0.25) is 0 Å². The van der Waals surface area contributed by atoms with Gasteiger partial charge in [0, 0.05) is 37.6 Å². The molecule has 0 unspecified atom stereocenters. The molecule has 2 aliphatic rings. The van der Waals surface area contributed by atoms with E-state index in [1.165, 1.54) is 19.4 Å². The minimum atomic E-state index is 0.186. The number of hydrogen-bond acceptors (Lipinski definition) is 3. The van der Waals surface area contributed by atoms with E-state index in [-0.39, 0.29) is 5.91 Å². The van der Waals surface area contributed by atoms with E-state index in [0.717, 1.165) is 49.7 Å². The standard InChI is InChI=1S/C20H31N3O/c1-15(2)8-12-22-13-9-19-17(14-22)6-5-11-23(19)20(24)18-7-4-10-21-16(18)3/h4,7,10,15,17,19H,5-6,8-9,11-14H2,1-3H3/t17-,19-/m1/s1. The number of amides is 1. The lowest BCUT2D eigenvalue weighted by atomic mass is 9.83. The van der Waals surface area contributed by atoms with Crippen LogP contribution < -0.4 is 0 Å². The number of likely N-dealkylation sites (tertiary alicyclic amines) is 2. The highest BCUT2D eigenvalue weighted by Gasteiger charge is 2.38. The summed E-state index contributed by atoms with van der Waals surface area (Å²) in [5.74, 6) is 1.59. The molecule has 2 atom stereocenters. The van der Waals surface area contributed by atoms with Crippen LogP contribution in [-0.2, 0) is 0 Å². The van der Waals surface area contributed by atoms with Gasteiger partial charge in [-0.15, -0.1) is 0 Å². The summed E-state index contributed by atoms with van der Waals surface area (Å²) < 4.78 is 0. The second-order valence-electron chi connectivity index (χ2n) is 7.88. The highest BCUT2D eigenvalue weighted by Crippen LogP contribution is 2.32. The molecule has 3 rings (SSSR count). The topological polar surface area (TPSA) is 36.4 Å². The van der Waals surface area contributed by atoms with E-state index in [1.54, 1.807) is 6.20 Å². The summed E-state index contributed by atoms with van der Waals surface area (Å²) in [4.78, 5) is 22.1. The summed E-state index contributed by atoms with van der Waals surface area (Å²) in [7, 11) is 0. The fraction of sp³-hybridized carbons (Fsp3) is 0.700. The van der Waals surface area contributed by atoms with Gasteiger partial charge in [-0.3, -0.25) is 9.78 Å². The predicted octanol–water partition coefficient (Wildman–Crippen LogP) is 3.36. The molecule has 3 heterocycles. The molecule has 1 aromatic rings. The number of fused-ring (bicyclic) bond motifs is 1. The third kappa shape index (κ3) is 3.80. The molecule has 0 saturated carbocycles. The van der Waals surface area contributed by atoms with Crippen LogP contribution in [0.5, 0.6) is 0 Å². The molecular weight excluding hydrogens is 298 g/mol. The fourth-order valence-corrected chi connectivity index (χ4v) is 4.24. The molecule has 0 aliphatic carbocycles. The van der Waals surface area contributed by atoms with E-state index in [4.69, 9.17) is 0 Å². The molecule has 4 nitrogen and oxygen atoms in total. The van der Waals surface area contributed by atoms with Crippen LogP contribution >= 0.6 is 0 Å². The first kappa shape index (κ1) is 17.4. The van der Waals surface area contributed by atoms with Crippen molar-refractivity contribution in [3.63, 3.8) is 0 Å². The minimum Gasteiger partial charge on any atom is -0.335 e. The summed E-state index contributed by atoms with van der Waals surface area (Å²) in [5.41, 5.74) is 1.62. The van der Waals surface area contributed by atoms with Crippen molar-refractivity contribution >= 4 is 5.91 Å². The van der Waals surface area contributed by atoms with E-state index >= 15 is 0 Å². The third-order valence-electron chi connectivity index (χ3n) is 5.67. The Morgan fingerprint density at radius 1 is 1.33 bits per heavy atom. The lowest BCUT2D eigenvalue weighted by Gasteiger charge is -2.47. The van der Waals surface area contributed by atoms with Gasteiger partial charge in [0.15, 0.2) is 0 Å². The molecule has 4 heteroatoms. The van der Waals surface area contributed by atoms with Crippen molar-refractivity contribution in [3.05, 3.63) is 29.6 Å². The van der Waals surface area contributed by atoms with Crippen molar-refractivity contribution < 1.29 is 4.79 Å². The normalized spacial score (nSPS) is 24.9. The molecule has 0 aromatic carbocycles. The van der Waals surface area contributed by atoms with E-state index in [2.05, 4.69) is 28.6 Å². The number of rotatable bonds is 4. The van der Waals surface area contributed by atoms with Gasteiger partial charge in [-0.25, -0.2) is 0 Å². The Kier molecular flexibility index (Phi) is 5.54. The van der Waals surface area contributed by atoms with Crippen molar-refractivity contribution in [2.45, 2.75) is 52.5 Å². The molecule has 0 N–H and O–H groups in total. The van der Waals surface area contributed by atoms with Gasteiger partial charge in [-0.2, -0.15) is 0 Å². The first-order chi connectivity index (χ1) is 11.6. The third-order valence-corrected chi connectivity index (χ3v) is 5.67. The Balaban J connectivity index is 1.67. The smallest absolute Gasteiger partial charge is 0.255 e. The molecule has 0 spiro atoms. The molecule has 2 saturated heterocycles. The van der Waals surface area contributed by atoms with E-state index < -0.39 is 0 Å². The molecular formula is C20H31N3O. The number of piperidine rings is 2. The first-order valence-electron chi connectivity index (χ1n) is 9.51. The Bertz CT molecular complexity index is 572. The van der Waals surface area contributed by atoms with Gasteiger partial charge in [0.25, 0.3) is 5.91 Å². The molecule has 1 aromatic heterocycles. The van der Waals surface area contributed by atoms with Crippen molar-refractivity contribution in [1.29, 1.82) is 0 Å². The zero-order valence-electron chi connectivity index (χ0n) is 15.4. The average Bonchev–Trinajstić information content (AvgIpc) is 2.59. The Labute approximate surface area is 146 Å². The lowest BCUT2D eigenvalue weighted by molar-refractivity contribution is 0.0193. The van der Waals surface area contributed by atoms with Crippen LogP contribution in [0.25, 0.3) is 0 Å². The summed E-state index contributed by atoms with van der Waals surface area (Å²) in [6.45, 7) is 10.9. The summed E-state index contributed by atoms with van der Waals surface area (Å²) in [5, 5.41) is 0. The maximum atomic E-state index is 13.0. The van der Waals surface area contributed by atoms with E-state index in [1.807, 2.05) is 19.1 Å². The van der Waals surface area contributed by atoms with Crippen LogP contribution in [0.2, 0.25) is 0 Å². The van der Waals surface area contributed by atoms with Gasteiger partial charge in [0.05, 0.1) is 5.56 Å². The van der Waals surface area contributed by atoms with Crippen molar-refractivity contribution in [2.24, 2.45) is 11.8 Å². The van der Waals surface area contributed by atoms with Gasteiger partial charge in [-0.1, -0.05) is 13.8 Å². The number of aromatic nitrogens is 1. The number of aryl methyl sites for hydroxylation is 1. The number of carbonyl (C=O) groups is 1. The second-order valence-corrected chi connectivity index (χ2v) is 7.88. The number of carbonyl (C=O) groups excluding carboxylic acids is 1. The van der Waals surface area contributed by atoms with Crippen LogP contribution in [0.4, 0.5) is 0 Å². The van der Waals surface area contributed by atoms with Crippen LogP contribution in [-0.4, -0.2) is 52.9 Å². The average molecular weight is 329 g/mol. The highest BCUT2D eigenvalue weighted by atomic mass is 16.2. The molecule has 24 heavy (non-hydrogen) atoms.